The van der Waals surface area contributed by atoms with Crippen molar-refractivity contribution in [2.45, 2.75) is 24.9 Å². The molecule has 0 spiro atoms. The molecular formula is C15H15N5O. The Kier molecular flexibility index (Phi) is 3.55. The molecule has 1 unspecified atom stereocenters. The molecule has 2 fully saturated rings. The van der Waals surface area contributed by atoms with E-state index in [4.69, 9.17) is 5.26 Å². The first kappa shape index (κ1) is 13.5. The highest BCUT2D eigenvalue weighted by atomic mass is 16.2. The number of nitrogens with zero attached hydrogens (tertiary/aromatic N) is 5. The van der Waals surface area contributed by atoms with E-state index in [1.807, 2.05) is 6.07 Å². The molecule has 0 radical (unpaired) electrons. The van der Waals surface area contributed by atoms with Crippen molar-refractivity contribution in [3.63, 3.8) is 0 Å². The summed E-state index contributed by atoms with van der Waals surface area (Å²) in [7, 11) is 0. The molecule has 1 aliphatic heterocycles. The molecule has 1 aromatic rings. The summed E-state index contributed by atoms with van der Waals surface area (Å²) in [6, 6.07) is 7.69. The van der Waals surface area contributed by atoms with Crippen LogP contribution in [0.3, 0.4) is 0 Å². The molecule has 1 amide bonds. The minimum atomic E-state index is -0.221. The summed E-state index contributed by atoms with van der Waals surface area (Å²) in [5.74, 6) is -0.123. The van der Waals surface area contributed by atoms with Crippen molar-refractivity contribution in [3.05, 3.63) is 29.6 Å². The Hall–Kier alpha value is -2.44. The molecule has 0 aromatic carbocycles. The van der Waals surface area contributed by atoms with E-state index in [2.05, 4.69) is 16.0 Å². The number of amides is 1. The van der Waals surface area contributed by atoms with Gasteiger partial charge in [-0.05, 0) is 25.0 Å². The standard InChI is InChI=1S/C15H15N5O/c16-7-12-2-1-11(9-18-12)15(21)19-5-6-20(13-3-4-13)14(8-17)10-19/h1-2,9,13-14H,3-6,10H2. The predicted molar refractivity (Wildman–Crippen MR) is 74.0 cm³/mol. The van der Waals surface area contributed by atoms with Crippen molar-refractivity contribution in [3.8, 4) is 12.1 Å². The smallest absolute Gasteiger partial charge is 0.255 e. The molecule has 106 valence electrons. The number of nitriles is 2. The van der Waals surface area contributed by atoms with Crippen LogP contribution in [0.15, 0.2) is 18.3 Å². The van der Waals surface area contributed by atoms with Crippen molar-refractivity contribution in [2.75, 3.05) is 19.6 Å². The van der Waals surface area contributed by atoms with E-state index < -0.39 is 0 Å². The van der Waals surface area contributed by atoms with E-state index in [0.29, 0.717) is 30.4 Å². The Labute approximate surface area is 123 Å². The Balaban J connectivity index is 1.70. The van der Waals surface area contributed by atoms with Crippen molar-refractivity contribution >= 4 is 5.91 Å². The second kappa shape index (κ2) is 5.51. The number of carbonyl (C=O) groups is 1. The van der Waals surface area contributed by atoms with Crippen molar-refractivity contribution in [1.82, 2.24) is 14.8 Å². The molecule has 2 aliphatic rings. The lowest BCUT2D eigenvalue weighted by molar-refractivity contribution is 0.0550. The maximum Gasteiger partial charge on any atom is 0.255 e. The number of rotatable bonds is 2. The van der Waals surface area contributed by atoms with Gasteiger partial charge in [0.25, 0.3) is 5.91 Å². The molecule has 21 heavy (non-hydrogen) atoms. The summed E-state index contributed by atoms with van der Waals surface area (Å²) in [6.45, 7) is 1.82. The normalized spacial score (nSPS) is 22.4. The van der Waals surface area contributed by atoms with Crippen LogP contribution < -0.4 is 0 Å². The van der Waals surface area contributed by atoms with Crippen molar-refractivity contribution < 1.29 is 4.79 Å². The number of hydrogen-bond acceptors (Lipinski definition) is 5. The fourth-order valence-corrected chi connectivity index (χ4v) is 2.71. The van der Waals surface area contributed by atoms with Gasteiger partial charge in [-0.2, -0.15) is 10.5 Å². The fraction of sp³-hybridized carbons (Fsp3) is 0.467. The first-order valence-corrected chi connectivity index (χ1v) is 7.03. The van der Waals surface area contributed by atoms with Gasteiger partial charge in [0.1, 0.15) is 17.8 Å². The molecule has 1 aromatic heterocycles. The van der Waals surface area contributed by atoms with Gasteiger partial charge in [0, 0.05) is 31.9 Å². The first-order valence-electron chi connectivity index (χ1n) is 7.03. The van der Waals surface area contributed by atoms with E-state index in [0.717, 1.165) is 19.4 Å². The first-order chi connectivity index (χ1) is 10.2. The zero-order valence-corrected chi connectivity index (χ0v) is 11.6. The summed E-state index contributed by atoms with van der Waals surface area (Å²) >= 11 is 0. The average molecular weight is 281 g/mol. The van der Waals surface area contributed by atoms with Gasteiger partial charge in [-0.15, -0.1) is 0 Å². The Bertz CT molecular complexity index is 623. The van der Waals surface area contributed by atoms with Gasteiger partial charge in [0.05, 0.1) is 11.6 Å². The second-order valence-corrected chi connectivity index (χ2v) is 5.41. The maximum atomic E-state index is 12.4. The van der Waals surface area contributed by atoms with E-state index in [-0.39, 0.29) is 11.9 Å². The van der Waals surface area contributed by atoms with Crippen molar-refractivity contribution in [2.24, 2.45) is 0 Å². The number of aromatic nitrogens is 1. The van der Waals surface area contributed by atoms with E-state index in [9.17, 15) is 10.1 Å². The third kappa shape index (κ3) is 2.72. The lowest BCUT2D eigenvalue weighted by atomic mass is 10.1. The molecule has 1 aliphatic carbocycles. The second-order valence-electron chi connectivity index (χ2n) is 5.41. The number of hydrogen-bond donors (Lipinski definition) is 0. The van der Waals surface area contributed by atoms with Crippen LogP contribution in [0.4, 0.5) is 0 Å². The molecule has 6 heteroatoms. The molecule has 1 atom stereocenters. The SMILES string of the molecule is N#Cc1ccc(C(=O)N2CCN(C3CC3)C(C#N)C2)cn1. The van der Waals surface area contributed by atoms with E-state index >= 15 is 0 Å². The average Bonchev–Trinajstić information content (AvgIpc) is 3.38. The van der Waals surface area contributed by atoms with Crippen LogP contribution in [0.1, 0.15) is 28.9 Å². The molecule has 6 nitrogen and oxygen atoms in total. The summed E-state index contributed by atoms with van der Waals surface area (Å²) in [6.07, 6.45) is 3.74. The Morgan fingerprint density at radius 1 is 1.29 bits per heavy atom. The van der Waals surface area contributed by atoms with Gasteiger partial charge >= 0.3 is 0 Å². The van der Waals surface area contributed by atoms with Crippen LogP contribution in [-0.4, -0.2) is 52.4 Å². The quantitative estimate of drug-likeness (QED) is 0.799. The lowest BCUT2D eigenvalue weighted by Gasteiger charge is -2.38. The van der Waals surface area contributed by atoms with Gasteiger partial charge in [-0.25, -0.2) is 4.98 Å². The minimum absolute atomic E-state index is 0.123. The maximum absolute atomic E-state index is 12.4. The summed E-state index contributed by atoms with van der Waals surface area (Å²) in [5.41, 5.74) is 0.755. The minimum Gasteiger partial charge on any atom is -0.335 e. The van der Waals surface area contributed by atoms with Crippen LogP contribution in [0.2, 0.25) is 0 Å². The molecule has 1 saturated heterocycles. The van der Waals surface area contributed by atoms with Gasteiger partial charge in [0.2, 0.25) is 0 Å². The number of pyridine rings is 1. The molecule has 0 N–H and O–H groups in total. The Morgan fingerprint density at radius 2 is 2.10 bits per heavy atom. The van der Waals surface area contributed by atoms with Crippen LogP contribution in [-0.2, 0) is 0 Å². The summed E-state index contributed by atoms with van der Waals surface area (Å²) < 4.78 is 0. The monoisotopic (exact) mass is 281 g/mol. The number of piperazine rings is 1. The van der Waals surface area contributed by atoms with E-state index in [1.165, 1.54) is 12.3 Å². The van der Waals surface area contributed by atoms with Gasteiger partial charge in [-0.3, -0.25) is 9.69 Å². The topological polar surface area (TPSA) is 84.0 Å². The van der Waals surface area contributed by atoms with E-state index in [1.54, 1.807) is 11.0 Å². The van der Waals surface area contributed by atoms with Gasteiger partial charge in [-0.1, -0.05) is 0 Å². The van der Waals surface area contributed by atoms with Crippen LogP contribution >= 0.6 is 0 Å². The lowest BCUT2D eigenvalue weighted by Crippen LogP contribution is -2.54. The summed E-state index contributed by atoms with van der Waals surface area (Å²) in [4.78, 5) is 20.3. The zero-order chi connectivity index (χ0) is 14.8. The molecule has 2 heterocycles. The highest BCUT2D eigenvalue weighted by Crippen LogP contribution is 2.30. The highest BCUT2D eigenvalue weighted by molar-refractivity contribution is 5.94. The zero-order valence-electron chi connectivity index (χ0n) is 11.6. The highest BCUT2D eigenvalue weighted by Gasteiger charge is 2.38. The molecule has 1 saturated carbocycles. The summed E-state index contributed by atoms with van der Waals surface area (Å²) in [5, 5.41) is 18.0. The molecule has 0 bridgehead atoms. The predicted octanol–water partition coefficient (Wildman–Crippen LogP) is 0.766. The third-order valence-electron chi connectivity index (χ3n) is 4.00. The van der Waals surface area contributed by atoms with Crippen LogP contribution in [0.25, 0.3) is 0 Å². The Morgan fingerprint density at radius 3 is 2.67 bits per heavy atom. The molecular weight excluding hydrogens is 266 g/mol. The van der Waals surface area contributed by atoms with Gasteiger partial charge in [0.15, 0.2) is 0 Å². The largest absolute Gasteiger partial charge is 0.335 e. The number of carbonyl (C=O) groups excluding carboxylic acids is 1. The van der Waals surface area contributed by atoms with Gasteiger partial charge < -0.3 is 4.90 Å². The third-order valence-corrected chi connectivity index (χ3v) is 4.00. The van der Waals surface area contributed by atoms with Crippen molar-refractivity contribution in [1.29, 1.82) is 10.5 Å². The fourth-order valence-electron chi connectivity index (χ4n) is 2.71. The van der Waals surface area contributed by atoms with Crippen LogP contribution in [0, 0.1) is 22.7 Å². The molecule has 3 rings (SSSR count). The van der Waals surface area contributed by atoms with Crippen LogP contribution in [0.5, 0.6) is 0 Å².